The molecule has 0 unspecified atom stereocenters. The van der Waals surface area contributed by atoms with Crippen molar-refractivity contribution in [3.05, 3.63) is 79.5 Å². The third kappa shape index (κ3) is 4.19. The van der Waals surface area contributed by atoms with E-state index in [2.05, 4.69) is 25.9 Å². The lowest BCUT2D eigenvalue weighted by molar-refractivity contribution is -0.132. The van der Waals surface area contributed by atoms with Crippen LogP contribution in [0.15, 0.2) is 79.5 Å². The van der Waals surface area contributed by atoms with E-state index in [1.54, 1.807) is 12.4 Å². The monoisotopic (exact) mass is 478 g/mol. The van der Waals surface area contributed by atoms with Crippen LogP contribution in [0.25, 0.3) is 33.7 Å². The molecule has 9 heteroatoms. The molecule has 0 saturated carbocycles. The number of aryl methyl sites for hydroxylation is 1. The van der Waals surface area contributed by atoms with Gasteiger partial charge in [-0.2, -0.15) is 0 Å². The number of rotatable bonds is 5. The standard InChI is InChI=1S/C27H26N8O/c1-32-19-30-22-9-8-21(16-24(22)32)23-17-35(26(31-23)20-6-3-2-4-7-20)18-25(36)33-12-14-34(15-13-33)27-28-10-5-11-29-27/h2-11,16-17,19H,12-15,18H2,1H3. The molecule has 1 aliphatic rings. The Bertz CT molecular complexity index is 1500. The third-order valence-electron chi connectivity index (χ3n) is 6.60. The molecule has 4 heterocycles. The zero-order valence-corrected chi connectivity index (χ0v) is 20.0. The van der Waals surface area contributed by atoms with Crippen LogP contribution in [0, 0.1) is 0 Å². The third-order valence-corrected chi connectivity index (χ3v) is 6.60. The molecule has 0 spiro atoms. The number of carbonyl (C=O) groups is 1. The molecule has 1 fully saturated rings. The first-order chi connectivity index (χ1) is 17.7. The van der Waals surface area contributed by atoms with Crippen LogP contribution in [0.4, 0.5) is 5.95 Å². The number of aromatic nitrogens is 6. The van der Waals surface area contributed by atoms with Crippen molar-refractivity contribution in [3.63, 3.8) is 0 Å². The quantitative estimate of drug-likeness (QED) is 0.386. The number of benzene rings is 2. The Kier molecular flexibility index (Phi) is 5.65. The van der Waals surface area contributed by atoms with E-state index < -0.39 is 0 Å². The topological polar surface area (TPSA) is 85.0 Å². The van der Waals surface area contributed by atoms with E-state index in [-0.39, 0.29) is 12.5 Å². The van der Waals surface area contributed by atoms with Crippen molar-refractivity contribution in [2.24, 2.45) is 7.05 Å². The number of hydrogen-bond donors (Lipinski definition) is 0. The van der Waals surface area contributed by atoms with Gasteiger partial charge < -0.3 is 18.9 Å². The highest BCUT2D eigenvalue weighted by Gasteiger charge is 2.24. The van der Waals surface area contributed by atoms with Gasteiger partial charge in [0.2, 0.25) is 11.9 Å². The van der Waals surface area contributed by atoms with Crippen LogP contribution in [0.2, 0.25) is 0 Å². The van der Waals surface area contributed by atoms with Gasteiger partial charge in [-0.15, -0.1) is 0 Å². The van der Waals surface area contributed by atoms with Gasteiger partial charge in [0.15, 0.2) is 0 Å². The summed E-state index contributed by atoms with van der Waals surface area (Å²) in [6.07, 6.45) is 7.28. The molecule has 1 saturated heterocycles. The first-order valence-electron chi connectivity index (χ1n) is 12.0. The molecule has 1 aliphatic heterocycles. The molecule has 0 radical (unpaired) electrons. The molecular formula is C27H26N8O. The van der Waals surface area contributed by atoms with Gasteiger partial charge in [0.1, 0.15) is 12.4 Å². The lowest BCUT2D eigenvalue weighted by Crippen LogP contribution is -2.50. The fraction of sp³-hybridized carbons (Fsp3) is 0.222. The van der Waals surface area contributed by atoms with Crippen molar-refractivity contribution < 1.29 is 4.79 Å². The predicted molar refractivity (Wildman–Crippen MR) is 138 cm³/mol. The number of hydrogen-bond acceptors (Lipinski definition) is 6. The number of nitrogens with zero attached hydrogens (tertiary/aromatic N) is 8. The van der Waals surface area contributed by atoms with Crippen LogP contribution >= 0.6 is 0 Å². The van der Waals surface area contributed by atoms with E-state index in [1.165, 1.54) is 0 Å². The number of anilines is 1. The Morgan fingerprint density at radius 3 is 2.44 bits per heavy atom. The predicted octanol–water partition coefficient (Wildman–Crippen LogP) is 3.24. The second-order valence-corrected chi connectivity index (χ2v) is 8.92. The van der Waals surface area contributed by atoms with Crippen molar-refractivity contribution in [1.82, 2.24) is 34.0 Å². The van der Waals surface area contributed by atoms with E-state index in [4.69, 9.17) is 4.98 Å². The fourth-order valence-electron chi connectivity index (χ4n) is 4.63. The number of imidazole rings is 2. The molecule has 2 aromatic carbocycles. The normalized spacial score (nSPS) is 13.9. The summed E-state index contributed by atoms with van der Waals surface area (Å²) in [5.74, 6) is 1.56. The van der Waals surface area contributed by atoms with Gasteiger partial charge in [0.05, 0.1) is 23.1 Å². The minimum Gasteiger partial charge on any atom is -0.338 e. The first-order valence-corrected chi connectivity index (χ1v) is 12.0. The van der Waals surface area contributed by atoms with Gasteiger partial charge in [-0.1, -0.05) is 36.4 Å². The molecule has 180 valence electrons. The summed E-state index contributed by atoms with van der Waals surface area (Å²) >= 11 is 0. The highest BCUT2D eigenvalue weighted by Crippen LogP contribution is 2.27. The Hall–Kier alpha value is -4.53. The van der Waals surface area contributed by atoms with Crippen molar-refractivity contribution in [3.8, 4) is 22.6 Å². The maximum absolute atomic E-state index is 13.3. The summed E-state index contributed by atoms with van der Waals surface area (Å²) in [5.41, 5.74) is 4.78. The average molecular weight is 479 g/mol. The summed E-state index contributed by atoms with van der Waals surface area (Å²) in [6, 6.07) is 17.9. The molecule has 36 heavy (non-hydrogen) atoms. The van der Waals surface area contributed by atoms with Crippen molar-refractivity contribution in [2.75, 3.05) is 31.1 Å². The van der Waals surface area contributed by atoms with E-state index in [0.29, 0.717) is 32.1 Å². The van der Waals surface area contributed by atoms with Gasteiger partial charge >= 0.3 is 0 Å². The Balaban J connectivity index is 1.26. The number of amides is 1. The molecule has 0 atom stereocenters. The average Bonchev–Trinajstić information content (AvgIpc) is 3.53. The number of fused-ring (bicyclic) bond motifs is 1. The van der Waals surface area contributed by atoms with Crippen LogP contribution < -0.4 is 4.90 Å². The summed E-state index contributed by atoms with van der Waals surface area (Å²) in [6.45, 7) is 2.92. The largest absolute Gasteiger partial charge is 0.338 e. The summed E-state index contributed by atoms with van der Waals surface area (Å²) in [7, 11) is 1.98. The number of carbonyl (C=O) groups excluding carboxylic acids is 1. The molecule has 6 rings (SSSR count). The second kappa shape index (κ2) is 9.26. The van der Waals surface area contributed by atoms with Crippen LogP contribution in [0.5, 0.6) is 0 Å². The molecule has 0 N–H and O–H groups in total. The fourth-order valence-corrected chi connectivity index (χ4v) is 4.63. The maximum Gasteiger partial charge on any atom is 0.242 e. The zero-order chi connectivity index (χ0) is 24.5. The lowest BCUT2D eigenvalue weighted by atomic mass is 10.1. The minimum absolute atomic E-state index is 0.0758. The van der Waals surface area contributed by atoms with Crippen LogP contribution in [0.1, 0.15) is 0 Å². The molecule has 5 aromatic rings. The van der Waals surface area contributed by atoms with Gasteiger partial charge in [-0.05, 0) is 18.2 Å². The Morgan fingerprint density at radius 1 is 0.889 bits per heavy atom. The molecule has 0 aliphatic carbocycles. The minimum atomic E-state index is 0.0758. The smallest absolute Gasteiger partial charge is 0.242 e. The van der Waals surface area contributed by atoms with Crippen molar-refractivity contribution in [2.45, 2.75) is 6.54 Å². The molecular weight excluding hydrogens is 452 g/mol. The van der Waals surface area contributed by atoms with Crippen LogP contribution in [-0.2, 0) is 18.4 Å². The van der Waals surface area contributed by atoms with Gasteiger partial charge in [0, 0.05) is 62.9 Å². The summed E-state index contributed by atoms with van der Waals surface area (Å²) in [5, 5.41) is 0. The number of piperazine rings is 1. The van der Waals surface area contributed by atoms with Gasteiger partial charge in [0.25, 0.3) is 0 Å². The van der Waals surface area contributed by atoms with Gasteiger partial charge in [-0.25, -0.2) is 19.9 Å². The summed E-state index contributed by atoms with van der Waals surface area (Å²) in [4.78, 5) is 35.4. The van der Waals surface area contributed by atoms with Crippen molar-refractivity contribution in [1.29, 1.82) is 0 Å². The van der Waals surface area contributed by atoms with E-state index in [9.17, 15) is 4.79 Å². The van der Waals surface area contributed by atoms with E-state index in [1.807, 2.05) is 82.1 Å². The zero-order valence-electron chi connectivity index (χ0n) is 20.0. The summed E-state index contributed by atoms with van der Waals surface area (Å²) < 4.78 is 3.96. The maximum atomic E-state index is 13.3. The molecule has 3 aromatic heterocycles. The van der Waals surface area contributed by atoms with Crippen molar-refractivity contribution >= 4 is 22.9 Å². The molecule has 9 nitrogen and oxygen atoms in total. The highest BCUT2D eigenvalue weighted by molar-refractivity contribution is 5.82. The Morgan fingerprint density at radius 2 is 1.67 bits per heavy atom. The van der Waals surface area contributed by atoms with Gasteiger partial charge in [-0.3, -0.25) is 4.79 Å². The molecule has 0 bridgehead atoms. The SMILES string of the molecule is Cn1cnc2ccc(-c3cn(CC(=O)N4CCN(c5ncccn5)CC4)c(-c4ccccc4)n3)cc21. The van der Waals surface area contributed by atoms with Crippen LogP contribution in [0.3, 0.4) is 0 Å². The van der Waals surface area contributed by atoms with Crippen LogP contribution in [-0.4, -0.2) is 66.1 Å². The van der Waals surface area contributed by atoms with E-state index >= 15 is 0 Å². The van der Waals surface area contributed by atoms with E-state index in [0.717, 1.165) is 33.7 Å². The Labute approximate surface area is 208 Å². The second-order valence-electron chi connectivity index (χ2n) is 8.92. The highest BCUT2D eigenvalue weighted by atomic mass is 16.2. The first kappa shape index (κ1) is 22.0. The lowest BCUT2D eigenvalue weighted by Gasteiger charge is -2.34. The molecule has 1 amide bonds.